The Kier molecular flexibility index (Phi) is 5.13. The van der Waals surface area contributed by atoms with Crippen LogP contribution in [-0.2, 0) is 21.3 Å². The van der Waals surface area contributed by atoms with E-state index >= 15 is 0 Å². The molecular weight excluding hydrogens is 242 g/mol. The molecule has 1 unspecified atom stereocenters. The van der Waals surface area contributed by atoms with Crippen molar-refractivity contribution in [2.75, 3.05) is 20.7 Å². The number of hydrogen-bond donors (Lipinski definition) is 3. The maximum absolute atomic E-state index is 11.9. The van der Waals surface area contributed by atoms with Gasteiger partial charge in [-0.2, -0.15) is 0 Å². The smallest absolute Gasteiger partial charge is 0.242 e. The van der Waals surface area contributed by atoms with Crippen LogP contribution in [0.2, 0.25) is 0 Å². The second-order valence-corrected chi connectivity index (χ2v) is 5.56. The second-order valence-electron chi connectivity index (χ2n) is 3.79. The van der Waals surface area contributed by atoms with Gasteiger partial charge in [0.25, 0.3) is 0 Å². The van der Waals surface area contributed by atoms with E-state index in [1.165, 1.54) is 6.20 Å². The lowest BCUT2D eigenvalue weighted by molar-refractivity contribution is 0.122. The number of sulfonamides is 1. The van der Waals surface area contributed by atoms with Crippen LogP contribution in [0.15, 0.2) is 17.2 Å². The molecule has 0 saturated carbocycles. The highest BCUT2D eigenvalue weighted by Crippen LogP contribution is 2.10. The monoisotopic (exact) mass is 261 g/mol. The van der Waals surface area contributed by atoms with Crippen LogP contribution in [0.3, 0.4) is 0 Å². The number of methoxy groups -OCH3 is 1. The Balaban J connectivity index is 2.68. The van der Waals surface area contributed by atoms with Crippen molar-refractivity contribution < 1.29 is 13.2 Å². The molecule has 0 aliphatic heterocycles. The lowest BCUT2D eigenvalue weighted by atomic mass is 10.4. The van der Waals surface area contributed by atoms with E-state index in [4.69, 9.17) is 4.74 Å². The van der Waals surface area contributed by atoms with Crippen molar-refractivity contribution in [2.24, 2.45) is 0 Å². The summed E-state index contributed by atoms with van der Waals surface area (Å²) in [5.41, 5.74) is 0.827. The first kappa shape index (κ1) is 14.2. The average Bonchev–Trinajstić information content (AvgIpc) is 2.76. The van der Waals surface area contributed by atoms with Crippen molar-refractivity contribution in [2.45, 2.75) is 24.5 Å². The molecule has 0 saturated heterocycles. The normalized spacial score (nSPS) is 13.8. The fraction of sp³-hybridized carbons (Fsp3) is 0.600. The average molecular weight is 261 g/mol. The number of nitrogens with one attached hydrogen (secondary N) is 3. The molecule has 1 aromatic rings. The lowest BCUT2D eigenvalue weighted by Gasteiger charge is -2.10. The molecule has 0 spiro atoms. The van der Waals surface area contributed by atoms with Gasteiger partial charge in [-0.25, -0.2) is 13.1 Å². The van der Waals surface area contributed by atoms with Gasteiger partial charge in [-0.1, -0.05) is 0 Å². The lowest BCUT2D eigenvalue weighted by Crippen LogP contribution is -2.31. The molecule has 17 heavy (non-hydrogen) atoms. The summed E-state index contributed by atoms with van der Waals surface area (Å²) < 4.78 is 31.2. The van der Waals surface area contributed by atoms with Gasteiger partial charge in [0.1, 0.15) is 0 Å². The van der Waals surface area contributed by atoms with Crippen LogP contribution in [0.25, 0.3) is 0 Å². The van der Waals surface area contributed by atoms with Crippen LogP contribution < -0.4 is 10.0 Å². The largest absolute Gasteiger partial charge is 0.380 e. The van der Waals surface area contributed by atoms with Crippen molar-refractivity contribution in [3.63, 3.8) is 0 Å². The number of aromatic amines is 1. The van der Waals surface area contributed by atoms with Crippen molar-refractivity contribution in [3.05, 3.63) is 18.0 Å². The van der Waals surface area contributed by atoms with E-state index in [-0.39, 0.29) is 17.5 Å². The van der Waals surface area contributed by atoms with Crippen molar-refractivity contribution in [3.8, 4) is 0 Å². The fourth-order valence-corrected chi connectivity index (χ4v) is 2.39. The van der Waals surface area contributed by atoms with Gasteiger partial charge in [0.05, 0.1) is 11.0 Å². The van der Waals surface area contributed by atoms with Crippen molar-refractivity contribution in [1.82, 2.24) is 15.0 Å². The SMILES string of the molecule is CNCc1cc(S(=O)(=O)NCC(C)OC)c[nH]1. The molecule has 1 heterocycles. The Morgan fingerprint density at radius 3 is 2.82 bits per heavy atom. The highest BCUT2D eigenvalue weighted by Gasteiger charge is 2.16. The third-order valence-electron chi connectivity index (χ3n) is 2.36. The Bertz CT molecular complexity index is 441. The molecule has 0 amide bonds. The van der Waals surface area contributed by atoms with E-state index in [2.05, 4.69) is 15.0 Å². The summed E-state index contributed by atoms with van der Waals surface area (Å²) in [6, 6.07) is 1.61. The van der Waals surface area contributed by atoms with Crippen LogP contribution >= 0.6 is 0 Å². The molecule has 0 aliphatic carbocycles. The standard InChI is InChI=1S/C10H19N3O3S/c1-8(16-3)5-13-17(14,15)10-4-9(6-11-2)12-7-10/h4,7-8,11-13H,5-6H2,1-3H3. The Morgan fingerprint density at radius 2 is 2.24 bits per heavy atom. The number of rotatable bonds is 7. The molecule has 0 aliphatic rings. The Morgan fingerprint density at radius 1 is 1.53 bits per heavy atom. The van der Waals surface area contributed by atoms with Gasteiger partial charge in [0.15, 0.2) is 0 Å². The summed E-state index contributed by atoms with van der Waals surface area (Å²) in [7, 11) is -0.111. The fourth-order valence-electron chi connectivity index (χ4n) is 1.26. The summed E-state index contributed by atoms with van der Waals surface area (Å²) in [4.78, 5) is 3.14. The third-order valence-corrected chi connectivity index (χ3v) is 3.76. The zero-order valence-electron chi connectivity index (χ0n) is 10.3. The van der Waals surface area contributed by atoms with Crippen LogP contribution in [0.4, 0.5) is 0 Å². The van der Waals surface area contributed by atoms with Gasteiger partial charge in [0.2, 0.25) is 10.0 Å². The summed E-state index contributed by atoms with van der Waals surface area (Å²) in [6.07, 6.45) is 1.33. The molecule has 7 heteroatoms. The van der Waals surface area contributed by atoms with Crippen molar-refractivity contribution >= 4 is 10.0 Å². The highest BCUT2D eigenvalue weighted by atomic mass is 32.2. The summed E-state index contributed by atoms with van der Waals surface area (Å²) in [6.45, 7) is 2.65. The van der Waals surface area contributed by atoms with E-state index in [9.17, 15) is 8.42 Å². The maximum Gasteiger partial charge on any atom is 0.242 e. The molecule has 1 aromatic heterocycles. The van der Waals surface area contributed by atoms with Crippen LogP contribution in [0.5, 0.6) is 0 Å². The van der Waals surface area contributed by atoms with Crippen LogP contribution in [0, 0.1) is 0 Å². The first-order valence-electron chi connectivity index (χ1n) is 5.34. The third kappa shape index (κ3) is 4.12. The molecule has 0 bridgehead atoms. The van der Waals surface area contributed by atoms with Gasteiger partial charge in [-0.3, -0.25) is 0 Å². The minimum absolute atomic E-state index is 0.152. The summed E-state index contributed by atoms with van der Waals surface area (Å²) in [5, 5.41) is 2.94. The number of ether oxygens (including phenoxy) is 1. The maximum atomic E-state index is 11.9. The van der Waals surface area contributed by atoms with E-state index in [1.807, 2.05) is 0 Å². The quantitative estimate of drug-likeness (QED) is 0.647. The summed E-state index contributed by atoms with van der Waals surface area (Å²) in [5.74, 6) is 0. The summed E-state index contributed by atoms with van der Waals surface area (Å²) >= 11 is 0. The molecular formula is C10H19N3O3S. The predicted octanol–water partition coefficient (Wildman–Crippen LogP) is 0.0473. The molecule has 1 atom stereocenters. The minimum Gasteiger partial charge on any atom is -0.380 e. The van der Waals surface area contributed by atoms with Gasteiger partial charge in [0, 0.05) is 32.1 Å². The number of hydrogen-bond acceptors (Lipinski definition) is 4. The van der Waals surface area contributed by atoms with Crippen LogP contribution in [-0.4, -0.2) is 40.2 Å². The van der Waals surface area contributed by atoms with E-state index in [1.54, 1.807) is 27.1 Å². The molecule has 1 rings (SSSR count). The number of aromatic nitrogens is 1. The molecule has 0 fully saturated rings. The molecule has 98 valence electrons. The molecule has 0 radical (unpaired) electrons. The zero-order valence-corrected chi connectivity index (χ0v) is 11.1. The van der Waals surface area contributed by atoms with Gasteiger partial charge in [-0.15, -0.1) is 0 Å². The minimum atomic E-state index is -3.45. The molecule has 3 N–H and O–H groups in total. The van der Waals surface area contributed by atoms with Crippen LogP contribution in [0.1, 0.15) is 12.6 Å². The van der Waals surface area contributed by atoms with E-state index in [0.29, 0.717) is 6.54 Å². The topological polar surface area (TPSA) is 83.2 Å². The van der Waals surface area contributed by atoms with Gasteiger partial charge in [-0.05, 0) is 20.0 Å². The molecule has 0 aromatic carbocycles. The van der Waals surface area contributed by atoms with Gasteiger partial charge < -0.3 is 15.0 Å². The molecule has 6 nitrogen and oxygen atoms in total. The number of H-pyrrole nitrogens is 1. The van der Waals surface area contributed by atoms with E-state index < -0.39 is 10.0 Å². The Labute approximate surface area is 102 Å². The first-order chi connectivity index (χ1) is 7.99. The van der Waals surface area contributed by atoms with Crippen molar-refractivity contribution in [1.29, 1.82) is 0 Å². The van der Waals surface area contributed by atoms with Gasteiger partial charge >= 0.3 is 0 Å². The second kappa shape index (κ2) is 6.15. The Hall–Kier alpha value is -0.890. The zero-order chi connectivity index (χ0) is 12.9. The first-order valence-corrected chi connectivity index (χ1v) is 6.82. The highest BCUT2D eigenvalue weighted by molar-refractivity contribution is 7.89. The predicted molar refractivity (Wildman–Crippen MR) is 65.2 cm³/mol. The van der Waals surface area contributed by atoms with E-state index in [0.717, 1.165) is 5.69 Å².